The Hall–Kier alpha value is -2.52. The molecule has 1 N–H and O–H groups in total. The van der Waals surface area contributed by atoms with Gasteiger partial charge in [0.25, 0.3) is 5.56 Å². The topological polar surface area (TPSA) is 81.9 Å². The number of benzene rings is 1. The number of carbonyl (C=O) groups excluding carboxylic acids is 1. The lowest BCUT2D eigenvalue weighted by atomic mass is 10.2. The first kappa shape index (κ1) is 16.9. The maximum absolute atomic E-state index is 12.1. The molecule has 4 rings (SSSR count). The first-order valence-electron chi connectivity index (χ1n) is 7.92. The smallest absolute Gasteiger partial charge is 0.258 e. The summed E-state index contributed by atoms with van der Waals surface area (Å²) in [6.07, 6.45) is 2.09. The minimum absolute atomic E-state index is 0.0712. The summed E-state index contributed by atoms with van der Waals surface area (Å²) in [6.45, 7) is 0.207. The first-order chi connectivity index (χ1) is 12.7. The van der Waals surface area contributed by atoms with Gasteiger partial charge in [-0.25, -0.2) is 4.98 Å². The Morgan fingerprint density at radius 1 is 1.31 bits per heavy atom. The van der Waals surface area contributed by atoms with Crippen LogP contribution < -0.4 is 20.3 Å². The number of rotatable bonds is 6. The van der Waals surface area contributed by atoms with Gasteiger partial charge in [-0.3, -0.25) is 14.0 Å². The van der Waals surface area contributed by atoms with Gasteiger partial charge in [0.15, 0.2) is 16.5 Å². The third-order valence-corrected chi connectivity index (χ3v) is 5.49. The van der Waals surface area contributed by atoms with Crippen molar-refractivity contribution in [1.82, 2.24) is 9.38 Å². The molecule has 9 heteroatoms. The van der Waals surface area contributed by atoms with Crippen LogP contribution >= 0.6 is 23.1 Å². The highest BCUT2D eigenvalue weighted by Crippen LogP contribution is 2.34. The van der Waals surface area contributed by atoms with Gasteiger partial charge in [-0.2, -0.15) is 11.8 Å². The normalized spacial score (nSPS) is 12.5. The maximum Gasteiger partial charge on any atom is 0.258 e. The Bertz CT molecular complexity index is 1010. The Balaban J connectivity index is 1.26. The van der Waals surface area contributed by atoms with Crippen LogP contribution in [0.3, 0.4) is 0 Å². The Morgan fingerprint density at radius 3 is 3.12 bits per heavy atom. The molecule has 2 aromatic heterocycles. The van der Waals surface area contributed by atoms with Crippen LogP contribution in [0.5, 0.6) is 11.5 Å². The second-order valence-electron chi connectivity index (χ2n) is 5.56. The van der Waals surface area contributed by atoms with E-state index in [9.17, 15) is 9.59 Å². The average Bonchev–Trinajstić information content (AvgIpc) is 3.27. The average molecular weight is 389 g/mol. The van der Waals surface area contributed by atoms with Crippen molar-refractivity contribution in [2.45, 2.75) is 12.2 Å². The molecule has 7 nitrogen and oxygen atoms in total. The van der Waals surface area contributed by atoms with Gasteiger partial charge in [-0.1, -0.05) is 0 Å². The Kier molecular flexibility index (Phi) is 4.81. The van der Waals surface area contributed by atoms with E-state index < -0.39 is 0 Å². The number of nitrogens with one attached hydrogen (secondary N) is 1. The number of anilines is 1. The SMILES string of the molecule is O=C(CCSCc1cc(=O)n2ccsc2n1)Nc1ccc2c(c1)OCO2. The van der Waals surface area contributed by atoms with Crippen LogP contribution in [-0.2, 0) is 10.5 Å². The minimum atomic E-state index is -0.0765. The van der Waals surface area contributed by atoms with Gasteiger partial charge < -0.3 is 14.8 Å². The van der Waals surface area contributed by atoms with E-state index in [-0.39, 0.29) is 18.3 Å². The first-order valence-corrected chi connectivity index (χ1v) is 9.95. The molecule has 134 valence electrons. The molecule has 0 unspecified atom stereocenters. The second kappa shape index (κ2) is 7.38. The maximum atomic E-state index is 12.1. The summed E-state index contributed by atoms with van der Waals surface area (Å²) in [5.41, 5.74) is 1.34. The molecule has 26 heavy (non-hydrogen) atoms. The number of nitrogens with zero attached hydrogens (tertiary/aromatic N) is 2. The van der Waals surface area contributed by atoms with E-state index in [1.165, 1.54) is 15.7 Å². The van der Waals surface area contributed by atoms with Gasteiger partial charge in [-0.15, -0.1) is 11.3 Å². The van der Waals surface area contributed by atoms with Gasteiger partial charge in [0, 0.05) is 47.3 Å². The summed E-state index contributed by atoms with van der Waals surface area (Å²) in [6, 6.07) is 6.85. The summed E-state index contributed by atoms with van der Waals surface area (Å²) >= 11 is 3.00. The minimum Gasteiger partial charge on any atom is -0.454 e. The monoisotopic (exact) mass is 389 g/mol. The number of aromatic nitrogens is 2. The van der Waals surface area contributed by atoms with E-state index in [0.29, 0.717) is 40.1 Å². The molecule has 0 radical (unpaired) electrons. The van der Waals surface area contributed by atoms with Crippen molar-refractivity contribution < 1.29 is 14.3 Å². The number of thioether (sulfide) groups is 1. The van der Waals surface area contributed by atoms with Crippen LogP contribution in [0.15, 0.2) is 40.6 Å². The molecule has 0 saturated heterocycles. The Morgan fingerprint density at radius 2 is 2.19 bits per heavy atom. The summed E-state index contributed by atoms with van der Waals surface area (Å²) in [4.78, 5) is 29.1. The molecule has 0 atom stereocenters. The molecular weight excluding hydrogens is 374 g/mol. The lowest BCUT2D eigenvalue weighted by Crippen LogP contribution is -2.13. The fourth-order valence-corrected chi connectivity index (χ4v) is 4.07. The van der Waals surface area contributed by atoms with Crippen molar-refractivity contribution in [1.29, 1.82) is 0 Å². The molecule has 3 aromatic rings. The number of ether oxygens (including phenoxy) is 2. The molecule has 0 bridgehead atoms. The van der Waals surface area contributed by atoms with Crippen molar-refractivity contribution in [2.24, 2.45) is 0 Å². The molecular formula is C17H15N3O4S2. The van der Waals surface area contributed by atoms with Crippen molar-refractivity contribution in [3.63, 3.8) is 0 Å². The van der Waals surface area contributed by atoms with Crippen LogP contribution in [-0.4, -0.2) is 27.8 Å². The van der Waals surface area contributed by atoms with Crippen molar-refractivity contribution in [2.75, 3.05) is 17.9 Å². The number of thiazole rings is 1. The third kappa shape index (κ3) is 3.68. The van der Waals surface area contributed by atoms with E-state index in [0.717, 1.165) is 5.69 Å². The van der Waals surface area contributed by atoms with Gasteiger partial charge >= 0.3 is 0 Å². The molecule has 0 saturated carbocycles. The lowest BCUT2D eigenvalue weighted by Gasteiger charge is -2.06. The molecule has 0 fully saturated rings. The number of amides is 1. The van der Waals surface area contributed by atoms with Crippen LogP contribution in [0.4, 0.5) is 5.69 Å². The molecule has 1 amide bonds. The number of fused-ring (bicyclic) bond motifs is 2. The van der Waals surface area contributed by atoms with Gasteiger partial charge in [0.2, 0.25) is 12.7 Å². The van der Waals surface area contributed by atoms with E-state index in [4.69, 9.17) is 9.47 Å². The fraction of sp³-hybridized carbons (Fsp3) is 0.235. The zero-order valence-electron chi connectivity index (χ0n) is 13.6. The molecule has 1 aliphatic rings. The van der Waals surface area contributed by atoms with Crippen LogP contribution in [0.25, 0.3) is 4.96 Å². The largest absolute Gasteiger partial charge is 0.454 e. The van der Waals surface area contributed by atoms with Crippen LogP contribution in [0.1, 0.15) is 12.1 Å². The van der Waals surface area contributed by atoms with Crippen molar-refractivity contribution in [3.05, 3.63) is 51.9 Å². The molecule has 3 heterocycles. The van der Waals surface area contributed by atoms with Gasteiger partial charge in [-0.05, 0) is 12.1 Å². The van der Waals surface area contributed by atoms with E-state index in [2.05, 4.69) is 10.3 Å². The highest BCUT2D eigenvalue weighted by molar-refractivity contribution is 7.98. The summed E-state index contributed by atoms with van der Waals surface area (Å²) in [5.74, 6) is 2.49. The Labute approximate surface area is 157 Å². The van der Waals surface area contributed by atoms with Crippen molar-refractivity contribution in [3.8, 4) is 11.5 Å². The fourth-order valence-electron chi connectivity index (χ4n) is 2.50. The zero-order valence-corrected chi connectivity index (χ0v) is 15.3. The van der Waals surface area contributed by atoms with Gasteiger partial charge in [0.05, 0.1) is 5.69 Å². The summed E-state index contributed by atoms with van der Waals surface area (Å²) in [5, 5.41) is 4.68. The standard InChI is InChI=1S/C17H15N3O4S2/c21-15(18-11-1-2-13-14(7-11)24-10-23-13)3-5-25-9-12-8-16(22)20-4-6-26-17(20)19-12/h1-2,4,6-8H,3,5,9-10H2,(H,18,21). The van der Waals surface area contributed by atoms with E-state index in [1.54, 1.807) is 42.2 Å². The van der Waals surface area contributed by atoms with Crippen molar-refractivity contribution >= 4 is 39.7 Å². The van der Waals surface area contributed by atoms with E-state index in [1.807, 2.05) is 5.38 Å². The number of hydrogen-bond donors (Lipinski definition) is 1. The quantitative estimate of drug-likeness (QED) is 0.653. The lowest BCUT2D eigenvalue weighted by molar-refractivity contribution is -0.115. The highest BCUT2D eigenvalue weighted by atomic mass is 32.2. The molecule has 0 aliphatic carbocycles. The molecule has 1 aliphatic heterocycles. The number of hydrogen-bond acceptors (Lipinski definition) is 7. The summed E-state index contributed by atoms with van der Waals surface area (Å²) in [7, 11) is 0. The predicted molar refractivity (Wildman–Crippen MR) is 101 cm³/mol. The second-order valence-corrected chi connectivity index (χ2v) is 7.54. The van der Waals surface area contributed by atoms with Gasteiger partial charge in [0.1, 0.15) is 0 Å². The highest BCUT2D eigenvalue weighted by Gasteiger charge is 2.14. The van der Waals surface area contributed by atoms with E-state index >= 15 is 0 Å². The molecule has 1 aromatic carbocycles. The number of carbonyl (C=O) groups is 1. The van der Waals surface area contributed by atoms with Crippen LogP contribution in [0, 0.1) is 0 Å². The predicted octanol–water partition coefficient (Wildman–Crippen LogP) is 2.75. The summed E-state index contributed by atoms with van der Waals surface area (Å²) < 4.78 is 12.1. The van der Waals surface area contributed by atoms with Crippen LogP contribution in [0.2, 0.25) is 0 Å². The third-order valence-electron chi connectivity index (χ3n) is 3.74. The zero-order chi connectivity index (χ0) is 17.9. The molecule has 0 spiro atoms.